The molecule has 0 N–H and O–H groups in total. The highest BCUT2D eigenvalue weighted by molar-refractivity contribution is 6.15. The maximum absolute atomic E-state index is 6.49. The molecule has 266 valence electrons. The van der Waals surface area contributed by atoms with E-state index in [4.69, 9.17) is 4.42 Å². The zero-order chi connectivity index (χ0) is 37.5. The van der Waals surface area contributed by atoms with Crippen molar-refractivity contribution in [2.75, 3.05) is 0 Å². The predicted molar refractivity (Wildman–Crippen MR) is 239 cm³/mol. The van der Waals surface area contributed by atoms with Gasteiger partial charge in [-0.25, -0.2) is 0 Å². The van der Waals surface area contributed by atoms with Gasteiger partial charge in [0.25, 0.3) is 0 Å². The Bertz CT molecular complexity index is 3490. The average Bonchev–Trinajstić information content (AvgIpc) is 3.94. The van der Waals surface area contributed by atoms with Crippen molar-refractivity contribution in [3.63, 3.8) is 0 Å². The lowest BCUT2D eigenvalue weighted by Crippen LogP contribution is -1.93. The van der Waals surface area contributed by atoms with Crippen molar-refractivity contribution in [2.45, 2.75) is 0 Å². The summed E-state index contributed by atoms with van der Waals surface area (Å²) in [5.74, 6) is 0. The highest BCUT2D eigenvalue weighted by atomic mass is 16.3. The molecule has 9 aromatic carbocycles. The van der Waals surface area contributed by atoms with Crippen molar-refractivity contribution >= 4 is 65.6 Å². The summed E-state index contributed by atoms with van der Waals surface area (Å²) in [5.41, 5.74) is 16.0. The third-order valence-corrected chi connectivity index (χ3v) is 11.7. The highest BCUT2D eigenvalue weighted by Gasteiger charge is 2.18. The van der Waals surface area contributed by atoms with Crippen molar-refractivity contribution < 1.29 is 4.42 Å². The van der Waals surface area contributed by atoms with Crippen LogP contribution in [-0.4, -0.2) is 9.13 Å². The molecule has 3 heterocycles. The fraction of sp³-hybridized carbons (Fsp3) is 0. The van der Waals surface area contributed by atoms with Crippen LogP contribution in [0.15, 0.2) is 211 Å². The van der Waals surface area contributed by atoms with Gasteiger partial charge >= 0.3 is 0 Å². The van der Waals surface area contributed by atoms with E-state index in [1.165, 1.54) is 82.7 Å². The molecule has 0 aliphatic rings. The molecule has 12 aromatic rings. The second-order valence-electron chi connectivity index (χ2n) is 14.9. The Kier molecular flexibility index (Phi) is 6.93. The standard InChI is InChI=1S/C54H34N2O/c1-3-12-35(13-4-1)36-22-24-37(25-23-36)42-18-11-21-53-54(42)47-34-41(28-31-52(47)57-53)56-49-20-10-8-17-44(49)46-33-39(27-30-51(46)56)38-26-29-50-45(32-38)43-16-7-9-19-48(43)55(50)40-14-5-2-6-15-40/h1-34H. The van der Waals surface area contributed by atoms with Crippen molar-refractivity contribution in [1.29, 1.82) is 0 Å². The van der Waals surface area contributed by atoms with Gasteiger partial charge in [-0.3, -0.25) is 0 Å². The van der Waals surface area contributed by atoms with Crippen LogP contribution in [0.5, 0.6) is 0 Å². The number of hydrogen-bond donors (Lipinski definition) is 0. The Hall–Kier alpha value is -7.62. The highest BCUT2D eigenvalue weighted by Crippen LogP contribution is 2.41. The zero-order valence-corrected chi connectivity index (χ0v) is 30.9. The minimum absolute atomic E-state index is 0.883. The quantitative estimate of drug-likeness (QED) is 0.173. The average molecular weight is 727 g/mol. The summed E-state index contributed by atoms with van der Waals surface area (Å²) >= 11 is 0. The SMILES string of the molecule is c1ccc(-c2ccc(-c3cccc4oc5ccc(-n6c7ccccc7c7cc(-c8ccc9c(c8)c8ccccc8n9-c8ccccc8)ccc76)cc5c34)cc2)cc1. The molecule has 0 saturated heterocycles. The number of benzene rings is 9. The van der Waals surface area contributed by atoms with E-state index in [9.17, 15) is 0 Å². The van der Waals surface area contributed by atoms with E-state index < -0.39 is 0 Å². The minimum atomic E-state index is 0.883. The summed E-state index contributed by atoms with van der Waals surface area (Å²) in [5, 5.41) is 7.20. The van der Waals surface area contributed by atoms with Crippen LogP contribution in [0.2, 0.25) is 0 Å². The second-order valence-corrected chi connectivity index (χ2v) is 14.9. The third kappa shape index (κ3) is 4.92. The molecule has 0 bridgehead atoms. The normalized spacial score (nSPS) is 11.9. The molecule has 0 unspecified atom stereocenters. The van der Waals surface area contributed by atoms with Gasteiger partial charge in [-0.05, 0) is 106 Å². The first kappa shape index (κ1) is 31.7. The summed E-state index contributed by atoms with van der Waals surface area (Å²) < 4.78 is 11.3. The molecule has 12 rings (SSSR count). The van der Waals surface area contributed by atoms with Crippen LogP contribution in [0.4, 0.5) is 0 Å². The Balaban J connectivity index is 0.999. The molecule has 0 spiro atoms. The fourth-order valence-corrected chi connectivity index (χ4v) is 9.11. The van der Waals surface area contributed by atoms with Crippen molar-refractivity contribution in [1.82, 2.24) is 9.13 Å². The van der Waals surface area contributed by atoms with Crippen LogP contribution in [0.1, 0.15) is 0 Å². The number of aromatic nitrogens is 2. The summed E-state index contributed by atoms with van der Waals surface area (Å²) in [6.07, 6.45) is 0. The van der Waals surface area contributed by atoms with Crippen LogP contribution in [-0.2, 0) is 0 Å². The molecule has 0 amide bonds. The number of hydrogen-bond acceptors (Lipinski definition) is 1. The largest absolute Gasteiger partial charge is 0.456 e. The summed E-state index contributed by atoms with van der Waals surface area (Å²) in [4.78, 5) is 0. The van der Waals surface area contributed by atoms with Crippen LogP contribution >= 0.6 is 0 Å². The van der Waals surface area contributed by atoms with Gasteiger partial charge in [0.1, 0.15) is 11.2 Å². The molecule has 0 aliphatic carbocycles. The van der Waals surface area contributed by atoms with Crippen molar-refractivity contribution in [3.05, 3.63) is 206 Å². The predicted octanol–water partition coefficient (Wildman–Crippen LogP) is 14.8. The topological polar surface area (TPSA) is 23.0 Å². The van der Waals surface area contributed by atoms with Gasteiger partial charge in [-0.15, -0.1) is 0 Å². The van der Waals surface area contributed by atoms with Gasteiger partial charge in [0.2, 0.25) is 0 Å². The first-order valence-corrected chi connectivity index (χ1v) is 19.5. The van der Waals surface area contributed by atoms with Crippen molar-refractivity contribution in [2.24, 2.45) is 0 Å². The van der Waals surface area contributed by atoms with E-state index in [1.807, 2.05) is 0 Å². The Labute approximate surface area is 328 Å². The second kappa shape index (κ2) is 12.5. The van der Waals surface area contributed by atoms with E-state index in [-0.39, 0.29) is 0 Å². The minimum Gasteiger partial charge on any atom is -0.456 e. The van der Waals surface area contributed by atoms with Gasteiger partial charge in [0.05, 0.1) is 22.1 Å². The summed E-state index contributed by atoms with van der Waals surface area (Å²) in [7, 11) is 0. The molecule has 0 radical (unpaired) electrons. The first-order valence-electron chi connectivity index (χ1n) is 19.5. The van der Waals surface area contributed by atoms with Crippen LogP contribution in [0, 0.1) is 0 Å². The maximum Gasteiger partial charge on any atom is 0.136 e. The molecule has 0 saturated carbocycles. The van der Waals surface area contributed by atoms with Crippen LogP contribution in [0.25, 0.3) is 110 Å². The molecule has 0 fully saturated rings. The molecule has 0 aliphatic heterocycles. The Morgan fingerprint density at radius 3 is 1.47 bits per heavy atom. The monoisotopic (exact) mass is 726 g/mol. The summed E-state index contributed by atoms with van der Waals surface area (Å²) in [6.45, 7) is 0. The number of rotatable bonds is 5. The van der Waals surface area contributed by atoms with Gasteiger partial charge in [0.15, 0.2) is 0 Å². The molecule has 0 atom stereocenters. The number of furan rings is 1. The summed E-state index contributed by atoms with van der Waals surface area (Å²) in [6, 6.07) is 74.4. The Morgan fingerprint density at radius 2 is 0.807 bits per heavy atom. The molecule has 3 nitrogen and oxygen atoms in total. The maximum atomic E-state index is 6.49. The Morgan fingerprint density at radius 1 is 0.281 bits per heavy atom. The zero-order valence-electron chi connectivity index (χ0n) is 30.9. The van der Waals surface area contributed by atoms with Crippen molar-refractivity contribution in [3.8, 4) is 44.8 Å². The lowest BCUT2D eigenvalue weighted by Gasteiger charge is -2.10. The molecular weight excluding hydrogens is 693 g/mol. The van der Waals surface area contributed by atoms with Crippen LogP contribution < -0.4 is 0 Å². The molecule has 57 heavy (non-hydrogen) atoms. The van der Waals surface area contributed by atoms with Gasteiger partial charge in [-0.1, -0.05) is 133 Å². The van der Waals surface area contributed by atoms with Gasteiger partial charge < -0.3 is 13.6 Å². The van der Waals surface area contributed by atoms with E-state index >= 15 is 0 Å². The molecular formula is C54H34N2O. The lowest BCUT2D eigenvalue weighted by molar-refractivity contribution is 0.669. The number of nitrogens with zero attached hydrogens (tertiary/aromatic N) is 2. The lowest BCUT2D eigenvalue weighted by atomic mass is 9.97. The molecule has 3 heteroatoms. The van der Waals surface area contributed by atoms with E-state index in [2.05, 4.69) is 215 Å². The van der Waals surface area contributed by atoms with Crippen LogP contribution in [0.3, 0.4) is 0 Å². The molecule has 3 aromatic heterocycles. The smallest absolute Gasteiger partial charge is 0.136 e. The van der Waals surface area contributed by atoms with Gasteiger partial charge in [-0.2, -0.15) is 0 Å². The van der Waals surface area contributed by atoms with E-state index in [1.54, 1.807) is 0 Å². The fourth-order valence-electron chi connectivity index (χ4n) is 9.11. The van der Waals surface area contributed by atoms with E-state index in [0.717, 1.165) is 27.6 Å². The first-order chi connectivity index (χ1) is 28.3. The number of fused-ring (bicyclic) bond motifs is 9. The van der Waals surface area contributed by atoms with E-state index in [0.29, 0.717) is 0 Å². The number of para-hydroxylation sites is 3. The van der Waals surface area contributed by atoms with Gasteiger partial charge in [0, 0.05) is 43.7 Å². The third-order valence-electron chi connectivity index (χ3n) is 11.7.